The standard InChI is InChI=1S/C17H14Cl2N2O2/c1-20-17(23)12-4-2-3-5-15(12)21-16(22)9-7-11-6-8-13(18)14(19)10-11/h2-10H,1H3,(H,20,23)(H,21,22)/b9-7+. The first-order valence-electron chi connectivity index (χ1n) is 6.76. The van der Waals surface area contributed by atoms with Gasteiger partial charge in [0, 0.05) is 13.1 Å². The summed E-state index contributed by atoms with van der Waals surface area (Å²) in [6.45, 7) is 0. The predicted octanol–water partition coefficient (Wildman–Crippen LogP) is 4.00. The average Bonchev–Trinajstić information content (AvgIpc) is 2.55. The Bertz CT molecular complexity index is 773. The van der Waals surface area contributed by atoms with Gasteiger partial charge in [-0.05, 0) is 35.9 Å². The molecule has 6 heteroatoms. The molecule has 2 aromatic carbocycles. The van der Waals surface area contributed by atoms with Crippen LogP contribution in [-0.2, 0) is 4.79 Å². The molecule has 0 fully saturated rings. The maximum atomic E-state index is 12.0. The van der Waals surface area contributed by atoms with Crippen molar-refractivity contribution in [1.29, 1.82) is 0 Å². The van der Waals surface area contributed by atoms with Gasteiger partial charge in [0.25, 0.3) is 5.91 Å². The van der Waals surface area contributed by atoms with E-state index in [-0.39, 0.29) is 11.8 Å². The predicted molar refractivity (Wildman–Crippen MR) is 94.0 cm³/mol. The minimum Gasteiger partial charge on any atom is -0.355 e. The summed E-state index contributed by atoms with van der Waals surface area (Å²) in [5.74, 6) is -0.623. The van der Waals surface area contributed by atoms with Gasteiger partial charge in [0.15, 0.2) is 0 Å². The molecule has 2 N–H and O–H groups in total. The molecule has 0 heterocycles. The first kappa shape index (κ1) is 17.1. The molecule has 2 rings (SSSR count). The Labute approximate surface area is 144 Å². The third-order valence-electron chi connectivity index (χ3n) is 3.03. The van der Waals surface area contributed by atoms with Crippen LogP contribution in [0.3, 0.4) is 0 Å². The molecule has 23 heavy (non-hydrogen) atoms. The number of carbonyl (C=O) groups is 2. The molecular weight excluding hydrogens is 335 g/mol. The molecule has 0 radical (unpaired) electrons. The van der Waals surface area contributed by atoms with Crippen molar-refractivity contribution in [2.45, 2.75) is 0 Å². The highest BCUT2D eigenvalue weighted by atomic mass is 35.5. The Hall–Kier alpha value is -2.30. The molecule has 0 saturated carbocycles. The molecule has 2 amide bonds. The number of hydrogen-bond acceptors (Lipinski definition) is 2. The van der Waals surface area contributed by atoms with Gasteiger partial charge in [-0.2, -0.15) is 0 Å². The van der Waals surface area contributed by atoms with Gasteiger partial charge in [0.1, 0.15) is 0 Å². The molecule has 0 atom stereocenters. The van der Waals surface area contributed by atoms with Gasteiger partial charge in [-0.3, -0.25) is 9.59 Å². The first-order chi connectivity index (χ1) is 11.0. The zero-order chi connectivity index (χ0) is 16.8. The topological polar surface area (TPSA) is 58.2 Å². The molecule has 118 valence electrons. The van der Waals surface area contributed by atoms with Crippen LogP contribution in [0.4, 0.5) is 5.69 Å². The lowest BCUT2D eigenvalue weighted by Gasteiger charge is -2.08. The zero-order valence-corrected chi connectivity index (χ0v) is 13.8. The average molecular weight is 349 g/mol. The first-order valence-corrected chi connectivity index (χ1v) is 7.52. The van der Waals surface area contributed by atoms with E-state index in [0.29, 0.717) is 21.3 Å². The van der Waals surface area contributed by atoms with Crippen molar-refractivity contribution in [3.8, 4) is 0 Å². The highest BCUT2D eigenvalue weighted by molar-refractivity contribution is 6.42. The number of rotatable bonds is 4. The van der Waals surface area contributed by atoms with Crippen LogP contribution in [-0.4, -0.2) is 18.9 Å². The van der Waals surface area contributed by atoms with E-state index in [1.54, 1.807) is 48.5 Å². The summed E-state index contributed by atoms with van der Waals surface area (Å²) >= 11 is 11.8. The summed E-state index contributed by atoms with van der Waals surface area (Å²) in [5, 5.41) is 6.07. The second-order valence-electron chi connectivity index (χ2n) is 4.62. The highest BCUT2D eigenvalue weighted by Crippen LogP contribution is 2.23. The Morgan fingerprint density at radius 2 is 1.78 bits per heavy atom. The Morgan fingerprint density at radius 3 is 2.48 bits per heavy atom. The molecule has 0 saturated heterocycles. The number of nitrogens with one attached hydrogen (secondary N) is 2. The molecule has 0 bridgehead atoms. The van der Waals surface area contributed by atoms with Crippen molar-refractivity contribution in [1.82, 2.24) is 5.32 Å². The van der Waals surface area contributed by atoms with E-state index in [9.17, 15) is 9.59 Å². The summed E-state index contributed by atoms with van der Waals surface area (Å²) < 4.78 is 0. The largest absolute Gasteiger partial charge is 0.355 e. The number of amides is 2. The summed E-state index contributed by atoms with van der Waals surface area (Å²) in [5.41, 5.74) is 1.58. The monoisotopic (exact) mass is 348 g/mol. The lowest BCUT2D eigenvalue weighted by atomic mass is 10.1. The van der Waals surface area contributed by atoms with Gasteiger partial charge in [-0.1, -0.05) is 41.4 Å². The second kappa shape index (κ2) is 7.81. The van der Waals surface area contributed by atoms with Crippen molar-refractivity contribution in [3.05, 3.63) is 69.7 Å². The summed E-state index contributed by atoms with van der Waals surface area (Å²) in [6, 6.07) is 11.8. The third kappa shape index (κ3) is 4.58. The maximum absolute atomic E-state index is 12.0. The normalized spacial score (nSPS) is 10.6. The van der Waals surface area contributed by atoms with E-state index in [0.717, 1.165) is 5.56 Å². The van der Waals surface area contributed by atoms with Crippen molar-refractivity contribution in [2.24, 2.45) is 0 Å². The third-order valence-corrected chi connectivity index (χ3v) is 3.77. The number of halogens is 2. The van der Waals surface area contributed by atoms with Gasteiger partial charge in [0.05, 0.1) is 21.3 Å². The Morgan fingerprint density at radius 1 is 1.04 bits per heavy atom. The molecule has 0 aromatic heterocycles. The van der Waals surface area contributed by atoms with Crippen molar-refractivity contribution < 1.29 is 9.59 Å². The molecule has 0 aliphatic heterocycles. The Balaban J connectivity index is 2.12. The van der Waals surface area contributed by atoms with Crippen LogP contribution < -0.4 is 10.6 Å². The van der Waals surface area contributed by atoms with Gasteiger partial charge in [-0.25, -0.2) is 0 Å². The van der Waals surface area contributed by atoms with E-state index >= 15 is 0 Å². The lowest BCUT2D eigenvalue weighted by molar-refractivity contribution is -0.111. The van der Waals surface area contributed by atoms with Crippen LogP contribution in [0.15, 0.2) is 48.5 Å². The fraction of sp³-hybridized carbons (Fsp3) is 0.0588. The smallest absolute Gasteiger partial charge is 0.253 e. The minimum absolute atomic E-state index is 0.269. The highest BCUT2D eigenvalue weighted by Gasteiger charge is 2.10. The quantitative estimate of drug-likeness (QED) is 0.820. The Kier molecular flexibility index (Phi) is 5.79. The van der Waals surface area contributed by atoms with E-state index in [1.165, 1.54) is 13.1 Å². The van der Waals surface area contributed by atoms with Crippen LogP contribution >= 0.6 is 23.2 Å². The van der Waals surface area contributed by atoms with Gasteiger partial charge < -0.3 is 10.6 Å². The molecule has 0 aliphatic carbocycles. The van der Waals surface area contributed by atoms with Gasteiger partial charge in [0.2, 0.25) is 5.91 Å². The zero-order valence-electron chi connectivity index (χ0n) is 12.3. The summed E-state index contributed by atoms with van der Waals surface area (Å²) in [4.78, 5) is 23.8. The number of carbonyl (C=O) groups excluding carboxylic acids is 2. The van der Waals surface area contributed by atoms with E-state index < -0.39 is 0 Å². The number of para-hydroxylation sites is 1. The SMILES string of the molecule is CNC(=O)c1ccccc1NC(=O)/C=C/c1ccc(Cl)c(Cl)c1. The van der Waals surface area contributed by atoms with E-state index in [4.69, 9.17) is 23.2 Å². The van der Waals surface area contributed by atoms with Crippen LogP contribution in [0, 0.1) is 0 Å². The molecule has 0 aliphatic rings. The second-order valence-corrected chi connectivity index (χ2v) is 5.44. The van der Waals surface area contributed by atoms with Crippen molar-refractivity contribution >= 4 is 46.8 Å². The van der Waals surface area contributed by atoms with E-state index in [1.807, 2.05) is 0 Å². The molecule has 0 spiro atoms. The van der Waals surface area contributed by atoms with Crippen molar-refractivity contribution in [3.63, 3.8) is 0 Å². The number of anilines is 1. The summed E-state index contributed by atoms with van der Waals surface area (Å²) in [6.07, 6.45) is 2.97. The van der Waals surface area contributed by atoms with Gasteiger partial charge in [-0.15, -0.1) is 0 Å². The lowest BCUT2D eigenvalue weighted by Crippen LogP contribution is -2.20. The van der Waals surface area contributed by atoms with Crippen molar-refractivity contribution in [2.75, 3.05) is 12.4 Å². The fourth-order valence-electron chi connectivity index (χ4n) is 1.89. The van der Waals surface area contributed by atoms with Crippen LogP contribution in [0.5, 0.6) is 0 Å². The van der Waals surface area contributed by atoms with E-state index in [2.05, 4.69) is 10.6 Å². The molecule has 0 unspecified atom stereocenters. The number of hydrogen-bond donors (Lipinski definition) is 2. The molecule has 2 aromatic rings. The van der Waals surface area contributed by atoms with Crippen LogP contribution in [0.1, 0.15) is 15.9 Å². The fourth-order valence-corrected chi connectivity index (χ4v) is 2.19. The number of benzene rings is 2. The van der Waals surface area contributed by atoms with Crippen LogP contribution in [0.25, 0.3) is 6.08 Å². The van der Waals surface area contributed by atoms with Crippen LogP contribution in [0.2, 0.25) is 10.0 Å². The maximum Gasteiger partial charge on any atom is 0.253 e. The summed E-state index contributed by atoms with van der Waals surface area (Å²) in [7, 11) is 1.53. The minimum atomic E-state index is -0.354. The van der Waals surface area contributed by atoms with Gasteiger partial charge >= 0.3 is 0 Å². The molecular formula is C17H14Cl2N2O2. The molecule has 4 nitrogen and oxygen atoms in total.